The van der Waals surface area contributed by atoms with Crippen molar-refractivity contribution in [3.63, 3.8) is 0 Å². The summed E-state index contributed by atoms with van der Waals surface area (Å²) < 4.78 is 5.97. The van der Waals surface area contributed by atoms with Gasteiger partial charge in [0.15, 0.2) is 0 Å². The average molecular weight is 308 g/mol. The first-order chi connectivity index (χ1) is 10.0. The van der Waals surface area contributed by atoms with Crippen LogP contribution in [0.1, 0.15) is 44.5 Å². The number of hydrogen-bond acceptors (Lipinski definition) is 6. The van der Waals surface area contributed by atoms with Gasteiger partial charge >= 0.3 is 0 Å². The van der Waals surface area contributed by atoms with Crippen LogP contribution in [0.5, 0.6) is 0 Å². The number of aromatic nitrogens is 1. The van der Waals surface area contributed by atoms with Crippen molar-refractivity contribution in [1.29, 1.82) is 0 Å². The molecular weight excluding hydrogens is 288 g/mol. The maximum atomic E-state index is 11.5. The molecule has 1 aromatic heterocycles. The summed E-state index contributed by atoms with van der Waals surface area (Å²) in [5.41, 5.74) is 4.24. The number of primary amides is 1. The van der Waals surface area contributed by atoms with Crippen molar-refractivity contribution in [2.45, 2.75) is 51.4 Å². The zero-order chi connectivity index (χ0) is 16.7. The molecule has 22 heavy (non-hydrogen) atoms. The molecular formula is C14H20N4O4. The molecule has 1 amide bonds. The van der Waals surface area contributed by atoms with Gasteiger partial charge < -0.3 is 15.8 Å². The number of ether oxygens (including phenoxy) is 1. The first-order valence-electron chi connectivity index (χ1n) is 6.93. The van der Waals surface area contributed by atoms with Crippen LogP contribution < -0.4 is 11.1 Å². The molecule has 0 saturated carbocycles. The Morgan fingerprint density at radius 2 is 2.14 bits per heavy atom. The molecule has 120 valence electrons. The van der Waals surface area contributed by atoms with Gasteiger partial charge in [-0.1, -0.05) is 0 Å². The van der Waals surface area contributed by atoms with Gasteiger partial charge in [-0.05, 0) is 34.1 Å². The van der Waals surface area contributed by atoms with E-state index in [9.17, 15) is 14.9 Å². The second kappa shape index (κ2) is 5.20. The summed E-state index contributed by atoms with van der Waals surface area (Å²) >= 11 is 0. The number of carbonyl (C=O) groups is 1. The molecule has 8 heteroatoms. The Labute approximate surface area is 128 Å². The third-order valence-corrected chi connectivity index (χ3v) is 3.73. The first-order valence-corrected chi connectivity index (χ1v) is 6.93. The Balaban J connectivity index is 2.34. The zero-order valence-electron chi connectivity index (χ0n) is 13.0. The predicted molar refractivity (Wildman–Crippen MR) is 80.7 cm³/mol. The van der Waals surface area contributed by atoms with E-state index in [4.69, 9.17) is 10.5 Å². The van der Waals surface area contributed by atoms with E-state index < -0.39 is 16.4 Å². The number of pyridine rings is 1. The molecule has 3 N–H and O–H groups in total. The van der Waals surface area contributed by atoms with Crippen LogP contribution >= 0.6 is 0 Å². The van der Waals surface area contributed by atoms with Crippen molar-refractivity contribution in [3.05, 3.63) is 27.9 Å². The first kappa shape index (κ1) is 16.2. The summed E-state index contributed by atoms with van der Waals surface area (Å²) in [5, 5.41) is 13.9. The number of hydrogen-bond donors (Lipinski definition) is 2. The van der Waals surface area contributed by atoms with Crippen LogP contribution in [-0.2, 0) is 4.74 Å². The van der Waals surface area contributed by atoms with Gasteiger partial charge in [-0.15, -0.1) is 0 Å². The maximum Gasteiger partial charge on any atom is 0.288 e. The number of nitro groups is 1. The summed E-state index contributed by atoms with van der Waals surface area (Å²) in [6, 6.07) is 1.03. The quantitative estimate of drug-likeness (QED) is 0.647. The number of anilines is 1. The number of nitrogens with two attached hydrogens (primary N) is 1. The van der Waals surface area contributed by atoms with E-state index in [-0.39, 0.29) is 28.7 Å². The standard InChI is InChI=1S/C14H20N4O4/c1-13(2)6-10(14(3,4)22-13)17-12-9(11(15)19)5-8(7-16-12)18(20)21/h5,7,10H,6H2,1-4H3,(H2,15,19)(H,16,17). The molecule has 2 rings (SSSR count). The summed E-state index contributed by atoms with van der Waals surface area (Å²) in [7, 11) is 0. The van der Waals surface area contributed by atoms with E-state index >= 15 is 0 Å². The Kier molecular flexibility index (Phi) is 3.82. The number of rotatable bonds is 4. The molecule has 1 aromatic rings. The summed E-state index contributed by atoms with van der Waals surface area (Å²) in [6.45, 7) is 7.84. The largest absolute Gasteiger partial charge is 0.367 e. The van der Waals surface area contributed by atoms with Crippen molar-refractivity contribution in [3.8, 4) is 0 Å². The highest BCUT2D eigenvalue weighted by molar-refractivity contribution is 5.98. The molecule has 1 atom stereocenters. The van der Waals surface area contributed by atoms with Crippen LogP contribution in [0.4, 0.5) is 11.5 Å². The molecule has 0 aromatic carbocycles. The minimum absolute atomic E-state index is 0.00490. The van der Waals surface area contributed by atoms with E-state index in [0.29, 0.717) is 6.42 Å². The van der Waals surface area contributed by atoms with Crippen molar-refractivity contribution < 1.29 is 14.5 Å². The number of carbonyl (C=O) groups excluding carboxylic acids is 1. The Morgan fingerprint density at radius 1 is 1.50 bits per heavy atom. The third kappa shape index (κ3) is 3.16. The molecule has 0 spiro atoms. The predicted octanol–water partition coefficient (Wildman–Crippen LogP) is 1.85. The topological polar surface area (TPSA) is 120 Å². The highest BCUT2D eigenvalue weighted by atomic mass is 16.6. The fourth-order valence-electron chi connectivity index (χ4n) is 2.81. The van der Waals surface area contributed by atoms with Crippen molar-refractivity contribution in [2.75, 3.05) is 5.32 Å². The Hall–Kier alpha value is -2.22. The third-order valence-electron chi connectivity index (χ3n) is 3.73. The smallest absolute Gasteiger partial charge is 0.288 e. The lowest BCUT2D eigenvalue weighted by atomic mass is 9.94. The second-order valence-electron chi connectivity index (χ2n) is 6.58. The van der Waals surface area contributed by atoms with E-state index in [1.54, 1.807) is 0 Å². The summed E-state index contributed by atoms with van der Waals surface area (Å²) in [6.07, 6.45) is 1.81. The monoisotopic (exact) mass is 308 g/mol. The van der Waals surface area contributed by atoms with E-state index in [1.807, 2.05) is 27.7 Å². The van der Waals surface area contributed by atoms with Crippen molar-refractivity contribution in [2.24, 2.45) is 5.73 Å². The molecule has 1 unspecified atom stereocenters. The number of amides is 1. The van der Waals surface area contributed by atoms with Gasteiger partial charge in [0.1, 0.15) is 12.0 Å². The molecule has 8 nitrogen and oxygen atoms in total. The van der Waals surface area contributed by atoms with E-state index in [1.165, 1.54) is 0 Å². The fraction of sp³-hybridized carbons (Fsp3) is 0.571. The van der Waals surface area contributed by atoms with Crippen LogP contribution in [0.3, 0.4) is 0 Å². The van der Waals surface area contributed by atoms with Crippen LogP contribution in [0.2, 0.25) is 0 Å². The van der Waals surface area contributed by atoms with Gasteiger partial charge in [-0.2, -0.15) is 0 Å². The normalized spacial score (nSPS) is 22.3. The van der Waals surface area contributed by atoms with Crippen molar-refractivity contribution >= 4 is 17.4 Å². The molecule has 0 aliphatic carbocycles. The highest BCUT2D eigenvalue weighted by Crippen LogP contribution is 2.39. The Morgan fingerprint density at radius 3 is 2.59 bits per heavy atom. The Bertz CT molecular complexity index is 627. The van der Waals surface area contributed by atoms with Gasteiger partial charge in [0.25, 0.3) is 11.6 Å². The van der Waals surface area contributed by atoms with Gasteiger partial charge in [0.2, 0.25) is 0 Å². The highest BCUT2D eigenvalue weighted by Gasteiger charge is 2.46. The van der Waals surface area contributed by atoms with Crippen LogP contribution in [0.25, 0.3) is 0 Å². The molecule has 1 fully saturated rings. The average Bonchev–Trinajstić information content (AvgIpc) is 2.56. The van der Waals surface area contributed by atoms with Gasteiger partial charge in [0.05, 0.1) is 27.7 Å². The minimum Gasteiger partial charge on any atom is -0.367 e. The molecule has 2 heterocycles. The number of nitrogens with zero attached hydrogens (tertiary/aromatic N) is 2. The van der Waals surface area contributed by atoms with Gasteiger partial charge in [-0.25, -0.2) is 4.98 Å². The molecule has 0 bridgehead atoms. The fourth-order valence-corrected chi connectivity index (χ4v) is 2.81. The van der Waals surface area contributed by atoms with Crippen LogP contribution in [0, 0.1) is 10.1 Å². The van der Waals surface area contributed by atoms with E-state index in [2.05, 4.69) is 10.3 Å². The summed E-state index contributed by atoms with van der Waals surface area (Å²) in [4.78, 5) is 25.7. The zero-order valence-corrected chi connectivity index (χ0v) is 13.0. The second-order valence-corrected chi connectivity index (χ2v) is 6.58. The van der Waals surface area contributed by atoms with Gasteiger partial charge in [0, 0.05) is 6.07 Å². The maximum absolute atomic E-state index is 11.5. The molecule has 1 saturated heterocycles. The van der Waals surface area contributed by atoms with Crippen molar-refractivity contribution in [1.82, 2.24) is 4.98 Å². The van der Waals surface area contributed by atoms with Gasteiger partial charge in [-0.3, -0.25) is 14.9 Å². The number of nitrogens with one attached hydrogen (secondary N) is 1. The van der Waals surface area contributed by atoms with Crippen LogP contribution in [0.15, 0.2) is 12.3 Å². The lowest BCUT2D eigenvalue weighted by Crippen LogP contribution is -2.39. The summed E-state index contributed by atoms with van der Waals surface area (Å²) in [5.74, 6) is -0.535. The molecule has 0 radical (unpaired) electrons. The molecule has 1 aliphatic rings. The lowest BCUT2D eigenvalue weighted by molar-refractivity contribution is -0.385. The SMILES string of the molecule is CC1(C)CC(Nc2ncc([N+](=O)[O-])cc2C(N)=O)C(C)(C)O1. The van der Waals surface area contributed by atoms with E-state index in [0.717, 1.165) is 12.3 Å². The van der Waals surface area contributed by atoms with Crippen LogP contribution in [-0.4, -0.2) is 33.1 Å². The molecule has 1 aliphatic heterocycles. The minimum atomic E-state index is -0.769. The lowest BCUT2D eigenvalue weighted by Gasteiger charge is -2.28.